The van der Waals surface area contributed by atoms with Crippen molar-refractivity contribution in [3.63, 3.8) is 0 Å². The third kappa shape index (κ3) is 5.37. The Morgan fingerprint density at radius 2 is 1.68 bits per heavy atom. The largest absolute Gasteiger partial charge is 0.467 e. The molecule has 0 spiro atoms. The van der Waals surface area contributed by atoms with Crippen molar-refractivity contribution in [2.75, 3.05) is 12.3 Å². The van der Waals surface area contributed by atoms with E-state index in [4.69, 9.17) is 16.6 Å². The van der Waals surface area contributed by atoms with E-state index >= 15 is 0 Å². The van der Waals surface area contributed by atoms with Gasteiger partial charge < -0.3 is 15.1 Å². The minimum atomic E-state index is -0.0991. The van der Waals surface area contributed by atoms with E-state index in [0.717, 1.165) is 23.6 Å². The van der Waals surface area contributed by atoms with Crippen LogP contribution < -0.4 is 10.6 Å². The predicted octanol–water partition coefficient (Wildman–Crippen LogP) is 4.63. The Balaban J connectivity index is 1.52. The second-order valence-corrected chi connectivity index (χ2v) is 7.00. The summed E-state index contributed by atoms with van der Waals surface area (Å²) >= 11 is 7.27. The Morgan fingerprint density at radius 3 is 2.36 bits per heavy atom. The highest BCUT2D eigenvalue weighted by Crippen LogP contribution is 2.22. The first-order chi connectivity index (χ1) is 12.3. The van der Waals surface area contributed by atoms with Crippen molar-refractivity contribution in [3.8, 4) is 0 Å². The van der Waals surface area contributed by atoms with Gasteiger partial charge >= 0.3 is 0 Å². The molecule has 0 amide bonds. The summed E-state index contributed by atoms with van der Waals surface area (Å²) in [5.74, 6) is 1.79. The zero-order valence-electron chi connectivity index (χ0n) is 13.7. The second kappa shape index (κ2) is 9.30. The lowest BCUT2D eigenvalue weighted by Crippen LogP contribution is -2.39. The first kappa shape index (κ1) is 17.6. The zero-order valence-corrected chi connectivity index (χ0v) is 15.4. The quantitative estimate of drug-likeness (QED) is 0.361. The molecule has 0 radical (unpaired) electrons. The van der Waals surface area contributed by atoms with E-state index in [2.05, 4.69) is 47.0 Å². The Hall–Kier alpha value is -2.24. The number of thioether (sulfide) groups is 1. The summed E-state index contributed by atoms with van der Waals surface area (Å²) in [6.07, 6.45) is 1.68. The summed E-state index contributed by atoms with van der Waals surface area (Å²) in [6.45, 7) is 0.797. The lowest BCUT2D eigenvalue weighted by molar-refractivity contribution is 0.474. The molecule has 1 heterocycles. The van der Waals surface area contributed by atoms with Gasteiger partial charge in [0.2, 0.25) is 0 Å². The van der Waals surface area contributed by atoms with Crippen LogP contribution in [0.4, 0.5) is 0 Å². The first-order valence-corrected chi connectivity index (χ1v) is 9.53. The Morgan fingerprint density at radius 1 is 0.960 bits per heavy atom. The zero-order chi connectivity index (χ0) is 17.3. The van der Waals surface area contributed by atoms with Crippen LogP contribution >= 0.6 is 24.0 Å². The molecule has 3 aromatic rings. The van der Waals surface area contributed by atoms with Gasteiger partial charge in [-0.25, -0.2) is 0 Å². The van der Waals surface area contributed by atoms with Crippen LogP contribution in [0, 0.1) is 0 Å². The lowest BCUT2D eigenvalue weighted by Gasteiger charge is -2.19. The molecule has 0 aliphatic carbocycles. The SMILES string of the molecule is S=C(NCCSc1ccccc1)N[C@H](c1ccccc1)c1ccco1. The highest BCUT2D eigenvalue weighted by molar-refractivity contribution is 7.99. The first-order valence-electron chi connectivity index (χ1n) is 8.13. The van der Waals surface area contributed by atoms with E-state index in [0.29, 0.717) is 5.11 Å². The van der Waals surface area contributed by atoms with E-state index in [1.807, 2.05) is 48.2 Å². The summed E-state index contributed by atoms with van der Waals surface area (Å²) in [4.78, 5) is 1.26. The molecule has 0 unspecified atom stereocenters. The smallest absolute Gasteiger partial charge is 0.167 e. The molecule has 2 N–H and O–H groups in total. The molecule has 3 rings (SSSR count). The molecule has 0 fully saturated rings. The van der Waals surface area contributed by atoms with Crippen LogP contribution in [0.25, 0.3) is 0 Å². The highest BCUT2D eigenvalue weighted by Gasteiger charge is 2.17. The van der Waals surface area contributed by atoms with E-state index in [1.54, 1.807) is 6.26 Å². The van der Waals surface area contributed by atoms with Crippen LogP contribution in [-0.2, 0) is 0 Å². The van der Waals surface area contributed by atoms with E-state index in [1.165, 1.54) is 4.90 Å². The molecular formula is C20H20N2OS2. The number of rotatable bonds is 7. The van der Waals surface area contributed by atoms with Crippen LogP contribution in [0.15, 0.2) is 88.4 Å². The van der Waals surface area contributed by atoms with Gasteiger partial charge in [0.15, 0.2) is 5.11 Å². The van der Waals surface area contributed by atoms with Crippen molar-refractivity contribution in [2.45, 2.75) is 10.9 Å². The standard InChI is InChI=1S/C20H20N2OS2/c24-20(21-13-15-25-17-10-5-2-6-11-17)22-19(18-12-7-14-23-18)16-8-3-1-4-9-16/h1-12,14,19H,13,15H2,(H2,21,22,24)/t19-/m1/s1. The number of furan rings is 1. The van der Waals surface area contributed by atoms with E-state index in [9.17, 15) is 0 Å². The maximum absolute atomic E-state index is 5.58. The minimum Gasteiger partial charge on any atom is -0.467 e. The number of hydrogen-bond acceptors (Lipinski definition) is 3. The molecule has 2 aromatic carbocycles. The van der Waals surface area contributed by atoms with Gasteiger partial charge in [0.1, 0.15) is 11.8 Å². The van der Waals surface area contributed by atoms with Gasteiger partial charge in [-0.1, -0.05) is 48.5 Å². The third-order valence-electron chi connectivity index (χ3n) is 3.64. The van der Waals surface area contributed by atoms with Gasteiger partial charge in [0, 0.05) is 17.2 Å². The average Bonchev–Trinajstić information content (AvgIpc) is 3.19. The Bertz CT molecular complexity index is 761. The molecule has 0 aliphatic heterocycles. The third-order valence-corrected chi connectivity index (χ3v) is 4.91. The van der Waals surface area contributed by atoms with Crippen molar-refractivity contribution in [2.24, 2.45) is 0 Å². The molecule has 0 saturated heterocycles. The second-order valence-electron chi connectivity index (χ2n) is 5.42. The van der Waals surface area contributed by atoms with E-state index in [-0.39, 0.29) is 6.04 Å². The molecule has 1 atom stereocenters. The number of thiocarbonyl (C=S) groups is 1. The maximum atomic E-state index is 5.58. The molecule has 3 nitrogen and oxygen atoms in total. The molecule has 25 heavy (non-hydrogen) atoms. The topological polar surface area (TPSA) is 37.2 Å². The molecule has 0 bridgehead atoms. The number of nitrogens with one attached hydrogen (secondary N) is 2. The van der Waals surface area contributed by atoms with Gasteiger partial charge in [-0.15, -0.1) is 11.8 Å². The summed E-state index contributed by atoms with van der Waals surface area (Å²) in [6, 6.07) is 24.3. The average molecular weight is 369 g/mol. The van der Waals surface area contributed by atoms with Gasteiger partial charge in [-0.3, -0.25) is 0 Å². The van der Waals surface area contributed by atoms with Gasteiger partial charge in [-0.2, -0.15) is 0 Å². The van der Waals surface area contributed by atoms with Crippen LogP contribution in [0.5, 0.6) is 0 Å². The summed E-state index contributed by atoms with van der Waals surface area (Å²) in [7, 11) is 0. The molecular weight excluding hydrogens is 348 g/mol. The summed E-state index contributed by atoms with van der Waals surface area (Å²) in [5, 5.41) is 7.25. The highest BCUT2D eigenvalue weighted by atomic mass is 32.2. The number of hydrogen-bond donors (Lipinski definition) is 2. The summed E-state index contributed by atoms with van der Waals surface area (Å²) in [5.41, 5.74) is 1.11. The molecule has 5 heteroatoms. The van der Waals surface area contributed by atoms with Crippen LogP contribution in [0.3, 0.4) is 0 Å². The Kier molecular flexibility index (Phi) is 6.54. The van der Waals surface area contributed by atoms with Gasteiger partial charge in [-0.05, 0) is 42.0 Å². The lowest BCUT2D eigenvalue weighted by atomic mass is 10.1. The number of benzene rings is 2. The molecule has 1 aromatic heterocycles. The summed E-state index contributed by atoms with van der Waals surface area (Å²) < 4.78 is 5.58. The minimum absolute atomic E-state index is 0.0991. The van der Waals surface area contributed by atoms with Crippen molar-refractivity contribution in [1.82, 2.24) is 10.6 Å². The fourth-order valence-electron chi connectivity index (χ4n) is 2.45. The van der Waals surface area contributed by atoms with Crippen molar-refractivity contribution < 1.29 is 4.42 Å². The van der Waals surface area contributed by atoms with Crippen LogP contribution in [-0.4, -0.2) is 17.4 Å². The van der Waals surface area contributed by atoms with Gasteiger partial charge in [0.25, 0.3) is 0 Å². The van der Waals surface area contributed by atoms with Crippen molar-refractivity contribution >= 4 is 29.1 Å². The predicted molar refractivity (Wildman–Crippen MR) is 108 cm³/mol. The van der Waals surface area contributed by atoms with Crippen LogP contribution in [0.2, 0.25) is 0 Å². The molecule has 0 aliphatic rings. The monoisotopic (exact) mass is 368 g/mol. The molecule has 0 saturated carbocycles. The van der Waals surface area contributed by atoms with E-state index < -0.39 is 0 Å². The van der Waals surface area contributed by atoms with Crippen molar-refractivity contribution in [3.05, 3.63) is 90.4 Å². The maximum Gasteiger partial charge on any atom is 0.167 e. The molecule has 128 valence electrons. The van der Waals surface area contributed by atoms with Crippen molar-refractivity contribution in [1.29, 1.82) is 0 Å². The van der Waals surface area contributed by atoms with Gasteiger partial charge in [0.05, 0.1) is 6.26 Å². The Labute approximate surface area is 157 Å². The normalized spacial score (nSPS) is 11.7. The fourth-order valence-corrected chi connectivity index (χ4v) is 3.46. The fraction of sp³-hybridized carbons (Fsp3) is 0.150. The van der Waals surface area contributed by atoms with Crippen LogP contribution in [0.1, 0.15) is 17.4 Å².